The molecule has 0 bridgehead atoms. The quantitative estimate of drug-likeness (QED) is 0.0881. The highest BCUT2D eigenvalue weighted by Crippen LogP contribution is 2.44. The Bertz CT molecular complexity index is 1350. The van der Waals surface area contributed by atoms with Crippen LogP contribution in [0.5, 0.6) is 0 Å². The van der Waals surface area contributed by atoms with E-state index in [1.807, 2.05) is 30.3 Å². The molecule has 0 N–H and O–H groups in total. The summed E-state index contributed by atoms with van der Waals surface area (Å²) < 4.78 is 18.9. The highest BCUT2D eigenvalue weighted by molar-refractivity contribution is 6.74. The molecule has 3 rings (SSSR count). The minimum Gasteiger partial charge on any atom is -0.460 e. The lowest BCUT2D eigenvalue weighted by Gasteiger charge is -2.43. The van der Waals surface area contributed by atoms with Gasteiger partial charge in [-0.15, -0.1) is 0 Å². The normalized spacial score (nSPS) is 16.8. The SMILES string of the molecule is CC[C@H](C)[C@@H](OC(=O)[C@H](C)N(C)C(=O)OCC1c2ccccc2-c2ccccc21)[C@@H](C)[C@H](C/C=C(\C)C=O)O[Si](C)(C)C(C)(C)C. The van der Waals surface area contributed by atoms with Gasteiger partial charge in [0, 0.05) is 18.9 Å². The topological polar surface area (TPSA) is 82.1 Å². The maximum Gasteiger partial charge on any atom is 0.410 e. The second-order valence-electron chi connectivity index (χ2n) is 14.5. The maximum atomic E-state index is 13.6. The van der Waals surface area contributed by atoms with Crippen LogP contribution in [-0.4, -0.2) is 63.5 Å². The summed E-state index contributed by atoms with van der Waals surface area (Å²) in [5.74, 6) is -0.667. The van der Waals surface area contributed by atoms with Gasteiger partial charge in [-0.2, -0.15) is 0 Å². The van der Waals surface area contributed by atoms with Gasteiger partial charge >= 0.3 is 12.1 Å². The number of hydrogen-bond acceptors (Lipinski definition) is 6. The third-order valence-electron chi connectivity index (χ3n) is 10.2. The number of esters is 1. The first kappa shape index (κ1) is 37.2. The third kappa shape index (κ3) is 8.56. The molecule has 7 nitrogen and oxygen atoms in total. The summed E-state index contributed by atoms with van der Waals surface area (Å²) in [7, 11) is -0.618. The van der Waals surface area contributed by atoms with Crippen molar-refractivity contribution in [3.63, 3.8) is 0 Å². The van der Waals surface area contributed by atoms with Gasteiger partial charge in [-0.05, 0) is 72.1 Å². The van der Waals surface area contributed by atoms with Crippen molar-refractivity contribution in [2.75, 3.05) is 13.7 Å². The maximum absolute atomic E-state index is 13.6. The highest BCUT2D eigenvalue weighted by atomic mass is 28.4. The summed E-state index contributed by atoms with van der Waals surface area (Å²) in [4.78, 5) is 39.6. The summed E-state index contributed by atoms with van der Waals surface area (Å²) in [6.45, 7) is 20.8. The first-order valence-electron chi connectivity index (χ1n) is 16.6. The molecule has 0 heterocycles. The lowest BCUT2D eigenvalue weighted by Crippen LogP contribution is -2.49. The lowest BCUT2D eigenvalue weighted by molar-refractivity contribution is -0.162. The van der Waals surface area contributed by atoms with Gasteiger partial charge < -0.3 is 13.9 Å². The number of allylic oxidation sites excluding steroid dienone is 1. The van der Waals surface area contributed by atoms with Crippen LogP contribution in [0.1, 0.15) is 85.3 Å². The fraction of sp³-hybridized carbons (Fsp3) is 0.553. The smallest absolute Gasteiger partial charge is 0.410 e. The lowest BCUT2D eigenvalue weighted by atomic mass is 9.86. The van der Waals surface area contributed by atoms with Crippen LogP contribution in [0.3, 0.4) is 0 Å². The Morgan fingerprint density at radius 1 is 0.978 bits per heavy atom. The van der Waals surface area contributed by atoms with Gasteiger partial charge in [-0.25, -0.2) is 9.59 Å². The van der Waals surface area contributed by atoms with Crippen molar-refractivity contribution in [2.45, 2.75) is 111 Å². The van der Waals surface area contributed by atoms with Gasteiger partial charge in [0.05, 0.1) is 6.10 Å². The molecular weight excluding hydrogens is 595 g/mol. The van der Waals surface area contributed by atoms with Gasteiger partial charge in [0.25, 0.3) is 0 Å². The minimum atomic E-state index is -2.19. The van der Waals surface area contributed by atoms with E-state index in [-0.39, 0.29) is 35.5 Å². The summed E-state index contributed by atoms with van der Waals surface area (Å²) in [6.07, 6.45) is 2.82. The minimum absolute atomic E-state index is 0.0167. The van der Waals surface area contributed by atoms with E-state index in [1.165, 1.54) is 4.90 Å². The second kappa shape index (κ2) is 15.6. The molecule has 5 atom stereocenters. The van der Waals surface area contributed by atoms with E-state index in [9.17, 15) is 14.4 Å². The Balaban J connectivity index is 1.74. The van der Waals surface area contributed by atoms with Gasteiger partial charge in [-0.3, -0.25) is 9.69 Å². The molecule has 2 aromatic rings. The van der Waals surface area contributed by atoms with Crippen LogP contribution in [-0.2, 0) is 23.5 Å². The van der Waals surface area contributed by atoms with Crippen molar-refractivity contribution in [3.05, 3.63) is 71.3 Å². The molecule has 252 valence electrons. The molecule has 0 unspecified atom stereocenters. The van der Waals surface area contributed by atoms with E-state index in [2.05, 4.69) is 78.9 Å². The van der Waals surface area contributed by atoms with Crippen molar-refractivity contribution >= 4 is 26.7 Å². The monoisotopic (exact) mass is 649 g/mol. The molecule has 0 aliphatic heterocycles. The Hall–Kier alpha value is -3.23. The predicted molar refractivity (Wildman–Crippen MR) is 187 cm³/mol. The van der Waals surface area contributed by atoms with Crippen molar-refractivity contribution in [3.8, 4) is 11.1 Å². The van der Waals surface area contributed by atoms with Crippen LogP contribution < -0.4 is 0 Å². The predicted octanol–water partition coefficient (Wildman–Crippen LogP) is 8.78. The molecule has 46 heavy (non-hydrogen) atoms. The number of carbonyl (C=O) groups is 3. The summed E-state index contributed by atoms with van der Waals surface area (Å²) in [6, 6.07) is 15.5. The van der Waals surface area contributed by atoms with Crippen LogP contribution in [0.25, 0.3) is 11.1 Å². The van der Waals surface area contributed by atoms with Gasteiger partial charge in [0.2, 0.25) is 0 Å². The van der Waals surface area contributed by atoms with Crippen LogP contribution in [0, 0.1) is 11.8 Å². The van der Waals surface area contributed by atoms with E-state index in [0.29, 0.717) is 12.0 Å². The zero-order chi connectivity index (χ0) is 34.4. The number of amides is 1. The molecule has 1 aliphatic rings. The van der Waals surface area contributed by atoms with Gasteiger partial charge in [0.1, 0.15) is 25.0 Å². The van der Waals surface area contributed by atoms with E-state index < -0.39 is 32.5 Å². The van der Waals surface area contributed by atoms with E-state index in [4.69, 9.17) is 13.9 Å². The molecular formula is C38H55NO6Si. The molecule has 8 heteroatoms. The Kier molecular flexibility index (Phi) is 12.6. The average Bonchev–Trinajstić information content (AvgIpc) is 3.35. The fourth-order valence-electron chi connectivity index (χ4n) is 5.71. The van der Waals surface area contributed by atoms with Crippen molar-refractivity contribution < 1.29 is 28.3 Å². The number of nitrogens with zero attached hydrogens (tertiary/aromatic N) is 1. The third-order valence-corrected chi connectivity index (χ3v) is 14.7. The Morgan fingerprint density at radius 2 is 1.52 bits per heavy atom. The van der Waals surface area contributed by atoms with E-state index >= 15 is 0 Å². The number of rotatable bonds is 14. The second-order valence-corrected chi connectivity index (χ2v) is 19.2. The number of carbonyl (C=O) groups excluding carboxylic acids is 3. The van der Waals surface area contributed by atoms with E-state index in [0.717, 1.165) is 35.0 Å². The fourth-order valence-corrected chi connectivity index (χ4v) is 7.13. The zero-order valence-electron chi connectivity index (χ0n) is 29.8. The summed E-state index contributed by atoms with van der Waals surface area (Å²) in [5.41, 5.74) is 5.21. The van der Waals surface area contributed by atoms with E-state index in [1.54, 1.807) is 20.9 Å². The molecule has 0 saturated heterocycles. The molecule has 1 aliphatic carbocycles. The largest absolute Gasteiger partial charge is 0.460 e. The number of likely N-dealkylation sites (N-methyl/N-ethyl adjacent to an activating group) is 1. The van der Waals surface area contributed by atoms with Gasteiger partial charge in [0.15, 0.2) is 8.32 Å². The standard InChI is InChI=1S/C38H55NO6Si/c1-12-26(3)35(27(4)34(22-21-25(2)23-40)45-46(10,11)38(6,7)8)44-36(41)28(5)39(9)37(42)43-24-33-31-19-15-13-17-29(31)30-18-14-16-20-32(30)33/h13-21,23,26-28,33-35H,12,22,24H2,1-11H3/b25-21+/t26-,27-,28-,34-,35+/m0/s1. The number of ether oxygens (including phenoxy) is 2. The van der Waals surface area contributed by atoms with Gasteiger partial charge in [-0.1, -0.05) is 103 Å². The van der Waals surface area contributed by atoms with Crippen LogP contribution >= 0.6 is 0 Å². The average molecular weight is 650 g/mol. The molecule has 0 radical (unpaired) electrons. The van der Waals surface area contributed by atoms with Crippen molar-refractivity contribution in [1.29, 1.82) is 0 Å². The summed E-state index contributed by atoms with van der Waals surface area (Å²) in [5, 5.41) is -0.0167. The van der Waals surface area contributed by atoms with Crippen LogP contribution in [0.15, 0.2) is 60.2 Å². The molecule has 0 saturated carbocycles. The number of fused-ring (bicyclic) bond motifs is 3. The Morgan fingerprint density at radius 3 is 2.02 bits per heavy atom. The first-order chi connectivity index (χ1) is 21.5. The first-order valence-corrected chi connectivity index (χ1v) is 19.5. The Labute approximate surface area is 277 Å². The zero-order valence-corrected chi connectivity index (χ0v) is 30.8. The number of aldehydes is 1. The summed E-state index contributed by atoms with van der Waals surface area (Å²) >= 11 is 0. The molecule has 2 aromatic carbocycles. The molecule has 1 amide bonds. The van der Waals surface area contributed by atoms with Crippen LogP contribution in [0.4, 0.5) is 4.79 Å². The van der Waals surface area contributed by atoms with Crippen LogP contribution in [0.2, 0.25) is 18.1 Å². The molecule has 0 aromatic heterocycles. The van der Waals surface area contributed by atoms with Crippen molar-refractivity contribution in [1.82, 2.24) is 4.90 Å². The molecule has 0 fully saturated rings. The van der Waals surface area contributed by atoms with Crippen molar-refractivity contribution in [2.24, 2.45) is 11.8 Å². The number of hydrogen-bond donors (Lipinski definition) is 0. The highest BCUT2D eigenvalue weighted by Gasteiger charge is 2.43. The molecule has 0 spiro atoms. The number of benzene rings is 2.